The highest BCUT2D eigenvalue weighted by Gasteiger charge is 2.20. The summed E-state index contributed by atoms with van der Waals surface area (Å²) < 4.78 is 10.5. The standard InChI is InChI=1S/C12H15N3O2/c1-2-10(16-7-1)8-11-14-12(15-17-11)9-3-5-13-6-4-9/h1-2,7,9,13H,3-6,8H2. The highest BCUT2D eigenvalue weighted by atomic mass is 16.5. The first-order valence-corrected chi connectivity index (χ1v) is 5.97. The molecule has 0 saturated carbocycles. The number of nitrogens with zero attached hydrogens (tertiary/aromatic N) is 2. The molecule has 2 aromatic rings. The minimum absolute atomic E-state index is 0.436. The largest absolute Gasteiger partial charge is 0.469 e. The van der Waals surface area contributed by atoms with Gasteiger partial charge in [-0.25, -0.2) is 0 Å². The van der Waals surface area contributed by atoms with Gasteiger partial charge in [0.15, 0.2) is 5.82 Å². The Kier molecular flexibility index (Phi) is 2.92. The van der Waals surface area contributed by atoms with Crippen LogP contribution in [0.1, 0.15) is 36.2 Å². The normalized spacial score (nSPS) is 17.4. The summed E-state index contributed by atoms with van der Waals surface area (Å²) in [5, 5.41) is 7.39. The first-order chi connectivity index (χ1) is 8.42. The van der Waals surface area contributed by atoms with E-state index in [4.69, 9.17) is 8.94 Å². The molecule has 0 spiro atoms. The van der Waals surface area contributed by atoms with Crippen molar-refractivity contribution in [2.24, 2.45) is 0 Å². The summed E-state index contributed by atoms with van der Waals surface area (Å²) in [5.41, 5.74) is 0. The van der Waals surface area contributed by atoms with Crippen molar-refractivity contribution < 1.29 is 8.94 Å². The number of aromatic nitrogens is 2. The number of hydrogen-bond donors (Lipinski definition) is 1. The van der Waals surface area contributed by atoms with E-state index in [-0.39, 0.29) is 0 Å². The fourth-order valence-corrected chi connectivity index (χ4v) is 2.15. The Morgan fingerprint density at radius 2 is 2.24 bits per heavy atom. The molecule has 0 aliphatic carbocycles. The maximum absolute atomic E-state index is 5.25. The van der Waals surface area contributed by atoms with Crippen LogP contribution in [0.2, 0.25) is 0 Å². The number of rotatable bonds is 3. The van der Waals surface area contributed by atoms with Gasteiger partial charge in [0.25, 0.3) is 0 Å². The smallest absolute Gasteiger partial charge is 0.234 e. The second-order valence-corrected chi connectivity index (χ2v) is 4.33. The molecule has 90 valence electrons. The van der Waals surface area contributed by atoms with E-state index in [9.17, 15) is 0 Å². The lowest BCUT2D eigenvalue weighted by Crippen LogP contribution is -2.27. The Morgan fingerprint density at radius 3 is 3.00 bits per heavy atom. The lowest BCUT2D eigenvalue weighted by Gasteiger charge is -2.18. The molecule has 0 radical (unpaired) electrons. The van der Waals surface area contributed by atoms with Crippen LogP contribution in [-0.2, 0) is 6.42 Å². The lowest BCUT2D eigenvalue weighted by molar-refractivity contribution is 0.359. The zero-order valence-electron chi connectivity index (χ0n) is 9.56. The van der Waals surface area contributed by atoms with Crippen LogP contribution < -0.4 is 5.32 Å². The molecular formula is C12H15N3O2. The molecule has 2 aromatic heterocycles. The topological polar surface area (TPSA) is 64.1 Å². The number of hydrogen-bond acceptors (Lipinski definition) is 5. The molecule has 3 heterocycles. The van der Waals surface area contributed by atoms with Gasteiger partial charge in [0.1, 0.15) is 5.76 Å². The second-order valence-electron chi connectivity index (χ2n) is 4.33. The third-order valence-electron chi connectivity index (χ3n) is 3.09. The first kappa shape index (κ1) is 10.5. The minimum Gasteiger partial charge on any atom is -0.469 e. The average molecular weight is 233 g/mol. The van der Waals surface area contributed by atoms with Gasteiger partial charge in [0.05, 0.1) is 12.7 Å². The number of furan rings is 1. The Morgan fingerprint density at radius 1 is 1.35 bits per heavy atom. The molecule has 1 fully saturated rings. The monoisotopic (exact) mass is 233 g/mol. The van der Waals surface area contributed by atoms with Crippen LogP contribution in [0.4, 0.5) is 0 Å². The van der Waals surface area contributed by atoms with Gasteiger partial charge < -0.3 is 14.3 Å². The average Bonchev–Trinajstić information content (AvgIpc) is 3.02. The maximum atomic E-state index is 5.25. The van der Waals surface area contributed by atoms with Crippen molar-refractivity contribution in [1.82, 2.24) is 15.5 Å². The molecule has 3 rings (SSSR count). The zero-order valence-corrected chi connectivity index (χ0v) is 9.56. The van der Waals surface area contributed by atoms with Crippen LogP contribution in [0.15, 0.2) is 27.3 Å². The fraction of sp³-hybridized carbons (Fsp3) is 0.500. The molecular weight excluding hydrogens is 218 g/mol. The Hall–Kier alpha value is -1.62. The summed E-state index contributed by atoms with van der Waals surface area (Å²) in [5.74, 6) is 2.76. The molecule has 1 N–H and O–H groups in total. The van der Waals surface area contributed by atoms with Crippen LogP contribution in [0.3, 0.4) is 0 Å². The summed E-state index contributed by atoms with van der Waals surface area (Å²) in [6, 6.07) is 3.77. The van der Waals surface area contributed by atoms with Gasteiger partial charge in [-0.05, 0) is 38.1 Å². The van der Waals surface area contributed by atoms with Crippen molar-refractivity contribution in [1.29, 1.82) is 0 Å². The Balaban J connectivity index is 1.69. The predicted molar refractivity (Wildman–Crippen MR) is 60.7 cm³/mol. The second kappa shape index (κ2) is 4.71. The van der Waals surface area contributed by atoms with Crippen molar-refractivity contribution in [3.8, 4) is 0 Å². The molecule has 0 amide bonds. The van der Waals surface area contributed by atoms with Crippen LogP contribution in [0, 0.1) is 0 Å². The summed E-state index contributed by atoms with van der Waals surface area (Å²) in [4.78, 5) is 4.44. The van der Waals surface area contributed by atoms with Crippen molar-refractivity contribution >= 4 is 0 Å². The van der Waals surface area contributed by atoms with Crippen molar-refractivity contribution in [3.05, 3.63) is 35.9 Å². The number of nitrogens with one attached hydrogen (secondary N) is 1. The molecule has 0 bridgehead atoms. The lowest BCUT2D eigenvalue weighted by atomic mass is 9.98. The van der Waals surface area contributed by atoms with E-state index < -0.39 is 0 Å². The van der Waals surface area contributed by atoms with E-state index in [2.05, 4.69) is 15.5 Å². The van der Waals surface area contributed by atoms with E-state index in [0.717, 1.165) is 37.5 Å². The quantitative estimate of drug-likeness (QED) is 0.874. The van der Waals surface area contributed by atoms with Gasteiger partial charge in [0.2, 0.25) is 5.89 Å². The van der Waals surface area contributed by atoms with Crippen molar-refractivity contribution in [2.45, 2.75) is 25.2 Å². The highest BCUT2D eigenvalue weighted by Crippen LogP contribution is 2.22. The highest BCUT2D eigenvalue weighted by molar-refractivity contribution is 5.06. The van der Waals surface area contributed by atoms with E-state index in [1.165, 1.54) is 0 Å². The van der Waals surface area contributed by atoms with Gasteiger partial charge in [-0.2, -0.15) is 4.98 Å². The Labute approximate surface area is 99.2 Å². The van der Waals surface area contributed by atoms with Gasteiger partial charge in [-0.3, -0.25) is 0 Å². The summed E-state index contributed by atoms with van der Waals surface area (Å²) in [7, 11) is 0. The first-order valence-electron chi connectivity index (χ1n) is 5.97. The molecule has 0 atom stereocenters. The summed E-state index contributed by atoms with van der Waals surface area (Å²) in [6.07, 6.45) is 4.39. The molecule has 0 unspecified atom stereocenters. The van der Waals surface area contributed by atoms with Crippen molar-refractivity contribution in [2.75, 3.05) is 13.1 Å². The molecule has 1 aliphatic rings. The molecule has 5 heteroatoms. The summed E-state index contributed by atoms with van der Waals surface area (Å²) in [6.45, 7) is 2.07. The minimum atomic E-state index is 0.436. The summed E-state index contributed by atoms with van der Waals surface area (Å²) >= 11 is 0. The third kappa shape index (κ3) is 2.39. The van der Waals surface area contributed by atoms with Crippen LogP contribution in [0.5, 0.6) is 0 Å². The van der Waals surface area contributed by atoms with Gasteiger partial charge in [0, 0.05) is 5.92 Å². The zero-order chi connectivity index (χ0) is 11.5. The Bertz CT molecular complexity index is 458. The van der Waals surface area contributed by atoms with E-state index in [1.54, 1.807) is 6.26 Å². The van der Waals surface area contributed by atoms with Crippen LogP contribution in [-0.4, -0.2) is 23.2 Å². The van der Waals surface area contributed by atoms with E-state index >= 15 is 0 Å². The van der Waals surface area contributed by atoms with E-state index in [0.29, 0.717) is 18.2 Å². The molecule has 5 nitrogen and oxygen atoms in total. The SMILES string of the molecule is c1coc(Cc2nc(C3CCNCC3)no2)c1. The van der Waals surface area contributed by atoms with Gasteiger partial charge in [-0.1, -0.05) is 5.16 Å². The fourth-order valence-electron chi connectivity index (χ4n) is 2.15. The van der Waals surface area contributed by atoms with E-state index in [1.807, 2.05) is 12.1 Å². The van der Waals surface area contributed by atoms with Gasteiger partial charge >= 0.3 is 0 Å². The van der Waals surface area contributed by atoms with Gasteiger partial charge in [-0.15, -0.1) is 0 Å². The third-order valence-corrected chi connectivity index (χ3v) is 3.09. The van der Waals surface area contributed by atoms with Crippen LogP contribution >= 0.6 is 0 Å². The maximum Gasteiger partial charge on any atom is 0.234 e. The molecule has 1 aliphatic heterocycles. The van der Waals surface area contributed by atoms with Crippen molar-refractivity contribution in [3.63, 3.8) is 0 Å². The number of piperidine rings is 1. The predicted octanol–water partition coefficient (Wildman–Crippen LogP) is 1.72. The molecule has 1 saturated heterocycles. The van der Waals surface area contributed by atoms with Crippen LogP contribution in [0.25, 0.3) is 0 Å². The molecule has 0 aromatic carbocycles. The molecule has 17 heavy (non-hydrogen) atoms.